The first-order valence-corrected chi connectivity index (χ1v) is 12.6. The van der Waals surface area contributed by atoms with Crippen molar-refractivity contribution < 1.29 is 9.47 Å². The molecule has 0 unspecified atom stereocenters. The highest BCUT2D eigenvalue weighted by atomic mass is 16.5. The number of aromatic amines is 1. The molecule has 0 aliphatic heterocycles. The molecule has 0 radical (unpaired) electrons. The van der Waals surface area contributed by atoms with Crippen molar-refractivity contribution >= 4 is 12.2 Å². The zero-order valence-corrected chi connectivity index (χ0v) is 21.5. The lowest BCUT2D eigenvalue weighted by Gasteiger charge is -2.12. The van der Waals surface area contributed by atoms with Crippen LogP contribution in [-0.2, 0) is 13.2 Å². The van der Waals surface area contributed by atoms with Gasteiger partial charge in [0.2, 0.25) is 5.95 Å². The summed E-state index contributed by atoms with van der Waals surface area (Å²) in [5.41, 5.74) is 5.80. The summed E-state index contributed by atoms with van der Waals surface area (Å²) in [7, 11) is 0. The highest BCUT2D eigenvalue weighted by Gasteiger charge is 2.13. The van der Waals surface area contributed by atoms with Crippen LogP contribution in [0.25, 0.3) is 11.3 Å². The second-order valence-corrected chi connectivity index (χ2v) is 8.73. The highest BCUT2D eigenvalue weighted by molar-refractivity contribution is 5.84. The number of ether oxygens (including phenoxy) is 2. The predicted molar refractivity (Wildman–Crippen MR) is 154 cm³/mol. The van der Waals surface area contributed by atoms with E-state index in [2.05, 4.69) is 20.5 Å². The second kappa shape index (κ2) is 12.7. The molecule has 0 aliphatic carbocycles. The Labute approximate surface area is 231 Å². The van der Waals surface area contributed by atoms with E-state index in [-0.39, 0.29) is 17.2 Å². The molecule has 0 saturated heterocycles. The van der Waals surface area contributed by atoms with Crippen molar-refractivity contribution in [2.24, 2.45) is 5.10 Å². The van der Waals surface area contributed by atoms with Gasteiger partial charge in [-0.2, -0.15) is 10.4 Å². The normalized spacial score (nSPS) is 10.7. The van der Waals surface area contributed by atoms with Crippen molar-refractivity contribution in [2.75, 3.05) is 5.43 Å². The van der Waals surface area contributed by atoms with Gasteiger partial charge < -0.3 is 9.47 Å². The van der Waals surface area contributed by atoms with E-state index in [1.54, 1.807) is 18.3 Å². The molecule has 1 aromatic heterocycles. The predicted octanol–water partition coefficient (Wildman–Crippen LogP) is 5.91. The number of hydrogen-bond acceptors (Lipinski definition) is 7. The van der Waals surface area contributed by atoms with Crippen LogP contribution in [0.1, 0.15) is 22.3 Å². The van der Waals surface area contributed by atoms with Crippen molar-refractivity contribution in [3.8, 4) is 28.8 Å². The number of aromatic nitrogens is 2. The Balaban J connectivity index is 1.39. The Hall–Kier alpha value is -5.68. The average Bonchev–Trinajstić information content (AvgIpc) is 3.01. The van der Waals surface area contributed by atoms with Crippen molar-refractivity contribution in [3.63, 3.8) is 0 Å². The maximum atomic E-state index is 12.6. The number of benzene rings is 4. The molecule has 0 saturated carbocycles. The van der Waals surface area contributed by atoms with Gasteiger partial charge in [-0.05, 0) is 29.3 Å². The van der Waals surface area contributed by atoms with Gasteiger partial charge in [0.05, 0.1) is 11.9 Å². The molecule has 0 aliphatic rings. The van der Waals surface area contributed by atoms with Gasteiger partial charge in [0.25, 0.3) is 5.56 Å². The zero-order valence-electron chi connectivity index (χ0n) is 21.5. The van der Waals surface area contributed by atoms with Crippen molar-refractivity contribution in [1.82, 2.24) is 9.97 Å². The van der Waals surface area contributed by atoms with Gasteiger partial charge in [0, 0.05) is 11.1 Å². The third kappa shape index (κ3) is 6.60. The first-order chi connectivity index (χ1) is 19.7. The average molecular weight is 528 g/mol. The van der Waals surface area contributed by atoms with E-state index in [0.29, 0.717) is 35.8 Å². The molecule has 2 N–H and O–H groups in total. The van der Waals surface area contributed by atoms with E-state index >= 15 is 0 Å². The van der Waals surface area contributed by atoms with E-state index in [4.69, 9.17) is 9.47 Å². The first-order valence-electron chi connectivity index (χ1n) is 12.6. The number of hydrogen-bond donors (Lipinski definition) is 2. The van der Waals surface area contributed by atoms with E-state index < -0.39 is 5.56 Å². The number of nitrogens with zero attached hydrogens (tertiary/aromatic N) is 3. The van der Waals surface area contributed by atoms with Crippen LogP contribution in [0.15, 0.2) is 119 Å². The van der Waals surface area contributed by atoms with Gasteiger partial charge in [-0.3, -0.25) is 9.78 Å². The monoisotopic (exact) mass is 527 g/mol. The quantitative estimate of drug-likeness (QED) is 0.172. The minimum absolute atomic E-state index is 0.0689. The van der Waals surface area contributed by atoms with Crippen LogP contribution in [0.5, 0.6) is 11.5 Å². The molecule has 0 fully saturated rings. The minimum atomic E-state index is -0.558. The Bertz CT molecular complexity index is 1700. The number of anilines is 1. The highest BCUT2D eigenvalue weighted by Crippen LogP contribution is 2.25. The zero-order chi connectivity index (χ0) is 27.6. The topological polar surface area (TPSA) is 112 Å². The molecule has 0 amide bonds. The molecule has 1 heterocycles. The maximum Gasteiger partial charge on any atom is 0.270 e. The lowest BCUT2D eigenvalue weighted by Crippen LogP contribution is -2.16. The molecule has 5 aromatic rings. The Morgan fingerprint density at radius 1 is 0.850 bits per heavy atom. The lowest BCUT2D eigenvalue weighted by molar-refractivity contribution is 0.297. The number of nitriles is 1. The molecule has 0 atom stereocenters. The molecular weight excluding hydrogens is 502 g/mol. The summed E-state index contributed by atoms with van der Waals surface area (Å²) in [6.45, 7) is 0.794. The second-order valence-electron chi connectivity index (χ2n) is 8.73. The Kier molecular flexibility index (Phi) is 8.25. The molecule has 4 aromatic carbocycles. The Morgan fingerprint density at radius 2 is 1.48 bits per heavy atom. The summed E-state index contributed by atoms with van der Waals surface area (Å²) in [4.78, 5) is 19.5. The smallest absolute Gasteiger partial charge is 0.270 e. The lowest BCUT2D eigenvalue weighted by atomic mass is 10.1. The van der Waals surface area contributed by atoms with E-state index in [1.807, 2.05) is 103 Å². The van der Waals surface area contributed by atoms with Gasteiger partial charge >= 0.3 is 0 Å². The maximum absolute atomic E-state index is 12.6. The van der Waals surface area contributed by atoms with Crippen LogP contribution in [0, 0.1) is 11.3 Å². The summed E-state index contributed by atoms with van der Waals surface area (Å²) in [5, 5.41) is 13.8. The van der Waals surface area contributed by atoms with E-state index in [1.165, 1.54) is 0 Å². The minimum Gasteiger partial charge on any atom is -0.489 e. The fraction of sp³-hybridized carbons (Fsp3) is 0.0625. The third-order valence-electron chi connectivity index (χ3n) is 5.92. The number of rotatable bonds is 10. The summed E-state index contributed by atoms with van der Waals surface area (Å²) in [6.07, 6.45) is 1.57. The van der Waals surface area contributed by atoms with Gasteiger partial charge in [0.15, 0.2) is 0 Å². The van der Waals surface area contributed by atoms with Crippen LogP contribution < -0.4 is 20.5 Å². The summed E-state index contributed by atoms with van der Waals surface area (Å²) >= 11 is 0. The molecule has 5 rings (SSSR count). The standard InChI is InChI=1S/C32H25N5O3/c33-19-28-30(25-14-8-3-9-15-25)35-32(36-31(28)38)37-34-20-26-18-27(39-21-23-10-4-1-5-11-23)16-17-29(26)40-22-24-12-6-2-7-13-24/h1-18,20H,21-22H2,(H2,35,36,37,38). The number of nitrogens with one attached hydrogen (secondary N) is 2. The van der Waals surface area contributed by atoms with Gasteiger partial charge in [-0.1, -0.05) is 91.0 Å². The summed E-state index contributed by atoms with van der Waals surface area (Å²) in [5.74, 6) is 1.35. The van der Waals surface area contributed by atoms with Crippen molar-refractivity contribution in [2.45, 2.75) is 13.2 Å². The molecule has 8 heteroatoms. The number of hydrazone groups is 1. The van der Waals surface area contributed by atoms with Gasteiger partial charge in [0.1, 0.15) is 36.3 Å². The van der Waals surface area contributed by atoms with Gasteiger partial charge in [-0.15, -0.1) is 0 Å². The molecule has 196 valence electrons. The third-order valence-corrected chi connectivity index (χ3v) is 5.92. The van der Waals surface area contributed by atoms with Crippen LogP contribution in [0.4, 0.5) is 5.95 Å². The number of H-pyrrole nitrogens is 1. The Morgan fingerprint density at radius 3 is 2.12 bits per heavy atom. The van der Waals surface area contributed by atoms with Crippen LogP contribution in [0.3, 0.4) is 0 Å². The van der Waals surface area contributed by atoms with Gasteiger partial charge in [-0.25, -0.2) is 10.4 Å². The molecular formula is C32H25N5O3. The van der Waals surface area contributed by atoms with Crippen LogP contribution in [-0.4, -0.2) is 16.2 Å². The van der Waals surface area contributed by atoms with Crippen LogP contribution >= 0.6 is 0 Å². The first kappa shape index (κ1) is 25.9. The molecule has 40 heavy (non-hydrogen) atoms. The van der Waals surface area contributed by atoms with Crippen molar-refractivity contribution in [3.05, 3.63) is 142 Å². The molecule has 8 nitrogen and oxygen atoms in total. The fourth-order valence-electron chi connectivity index (χ4n) is 3.92. The molecule has 0 bridgehead atoms. The van der Waals surface area contributed by atoms with E-state index in [9.17, 15) is 10.1 Å². The van der Waals surface area contributed by atoms with Crippen LogP contribution in [0.2, 0.25) is 0 Å². The largest absolute Gasteiger partial charge is 0.489 e. The fourth-order valence-corrected chi connectivity index (χ4v) is 3.92. The molecule has 0 spiro atoms. The van der Waals surface area contributed by atoms with E-state index in [0.717, 1.165) is 11.1 Å². The SMILES string of the molecule is N#Cc1c(-c2ccccc2)nc(NN=Cc2cc(OCc3ccccc3)ccc2OCc2ccccc2)[nH]c1=O. The summed E-state index contributed by atoms with van der Waals surface area (Å²) < 4.78 is 12.1. The summed E-state index contributed by atoms with van der Waals surface area (Å²) in [6, 6.07) is 36.2. The van der Waals surface area contributed by atoms with Crippen molar-refractivity contribution in [1.29, 1.82) is 5.26 Å².